The van der Waals surface area contributed by atoms with Crippen molar-refractivity contribution in [1.29, 1.82) is 0 Å². The van der Waals surface area contributed by atoms with Gasteiger partial charge in [-0.2, -0.15) is 0 Å². The normalized spacial score (nSPS) is 26.1. The molecule has 0 aromatic carbocycles. The highest BCUT2D eigenvalue weighted by Gasteiger charge is 2.46. The van der Waals surface area contributed by atoms with E-state index in [4.69, 9.17) is 19.5 Å². The molecule has 1 aliphatic heterocycles. The van der Waals surface area contributed by atoms with Crippen LogP contribution in [0, 0.1) is 0 Å². The second-order valence-corrected chi connectivity index (χ2v) is 2.74. The van der Waals surface area contributed by atoms with Gasteiger partial charge < -0.3 is 19.5 Å². The Morgan fingerprint density at radius 1 is 1.29 bits per heavy atom. The first kappa shape index (κ1) is 10.7. The maximum absolute atomic E-state index is 10.6. The van der Waals surface area contributed by atoms with Crippen LogP contribution in [0.25, 0.3) is 0 Å². The Bertz CT molecular complexity index is 243. The summed E-state index contributed by atoms with van der Waals surface area (Å²) >= 11 is 0. The summed E-state index contributed by atoms with van der Waals surface area (Å²) in [6, 6.07) is 0. The van der Waals surface area contributed by atoms with Gasteiger partial charge in [-0.15, -0.1) is 6.58 Å². The highest BCUT2D eigenvalue weighted by Crippen LogP contribution is 2.19. The molecule has 2 N–H and O–H groups in total. The van der Waals surface area contributed by atoms with E-state index in [0.717, 1.165) is 0 Å². The summed E-state index contributed by atoms with van der Waals surface area (Å²) in [6.45, 7) is 3.41. The summed E-state index contributed by atoms with van der Waals surface area (Å²) in [7, 11) is -0.838. The van der Waals surface area contributed by atoms with Crippen LogP contribution in [0.3, 0.4) is 0 Å². The molecular weight excluding hydrogens is 191 g/mol. The van der Waals surface area contributed by atoms with Gasteiger partial charge in [-0.05, 0) is 0 Å². The Balaban J connectivity index is 2.69. The predicted molar refractivity (Wildman–Crippen MR) is 45.8 cm³/mol. The molecule has 0 spiro atoms. The summed E-state index contributed by atoms with van der Waals surface area (Å²) in [5, 5.41) is 17.2. The number of carboxylic acid groups (broad SMARTS) is 2. The van der Waals surface area contributed by atoms with E-state index in [1.54, 1.807) is 0 Å². The average molecular weight is 200 g/mol. The minimum atomic E-state index is -1.45. The van der Waals surface area contributed by atoms with E-state index in [0.29, 0.717) is 0 Å². The molecule has 2 atom stereocenters. The number of allylic oxidation sites excluding steroid dienone is 1. The summed E-state index contributed by atoms with van der Waals surface area (Å²) in [4.78, 5) is 21.1. The van der Waals surface area contributed by atoms with E-state index in [1.165, 1.54) is 6.08 Å². The fourth-order valence-electron chi connectivity index (χ4n) is 1.12. The van der Waals surface area contributed by atoms with Crippen LogP contribution in [0.1, 0.15) is 0 Å². The van der Waals surface area contributed by atoms with E-state index in [1.807, 2.05) is 0 Å². The van der Waals surface area contributed by atoms with Gasteiger partial charge in [-0.3, -0.25) is 0 Å². The lowest BCUT2D eigenvalue weighted by molar-refractivity contribution is -0.156. The summed E-state index contributed by atoms with van der Waals surface area (Å²) in [5.74, 6) is -2.69. The molecule has 1 saturated heterocycles. The number of rotatable bonds is 4. The van der Waals surface area contributed by atoms with Crippen molar-refractivity contribution in [1.82, 2.24) is 0 Å². The van der Waals surface area contributed by atoms with E-state index in [-0.39, 0.29) is 6.32 Å². The first-order chi connectivity index (χ1) is 6.56. The second-order valence-electron chi connectivity index (χ2n) is 2.74. The van der Waals surface area contributed by atoms with Gasteiger partial charge in [0.2, 0.25) is 0 Å². The van der Waals surface area contributed by atoms with E-state index < -0.39 is 31.3 Å². The van der Waals surface area contributed by atoms with Crippen molar-refractivity contribution in [2.75, 3.05) is 0 Å². The molecule has 7 heteroatoms. The summed E-state index contributed by atoms with van der Waals surface area (Å²) in [6.07, 6.45) is -1.17. The smallest absolute Gasteiger partial charge is 0.462 e. The van der Waals surface area contributed by atoms with Crippen LogP contribution in [0.2, 0.25) is 6.32 Å². The van der Waals surface area contributed by atoms with Gasteiger partial charge in [0.1, 0.15) is 0 Å². The Morgan fingerprint density at radius 3 is 2.00 bits per heavy atom. The van der Waals surface area contributed by atoms with Crippen LogP contribution in [0.5, 0.6) is 0 Å². The van der Waals surface area contributed by atoms with Gasteiger partial charge in [0.25, 0.3) is 0 Å². The molecule has 0 radical (unpaired) electrons. The number of aliphatic carboxylic acids is 2. The fourth-order valence-corrected chi connectivity index (χ4v) is 1.12. The van der Waals surface area contributed by atoms with Gasteiger partial charge in [0.05, 0.1) is 0 Å². The lowest BCUT2D eigenvalue weighted by atomic mass is 9.85. The van der Waals surface area contributed by atoms with Crippen LogP contribution in [-0.2, 0) is 18.9 Å². The quantitative estimate of drug-likeness (QED) is 0.474. The van der Waals surface area contributed by atoms with Crippen molar-refractivity contribution in [2.24, 2.45) is 0 Å². The molecule has 0 saturated carbocycles. The van der Waals surface area contributed by atoms with Crippen LogP contribution < -0.4 is 0 Å². The lowest BCUT2D eigenvalue weighted by Gasteiger charge is -2.08. The molecule has 14 heavy (non-hydrogen) atoms. The van der Waals surface area contributed by atoms with Gasteiger partial charge in [-0.25, -0.2) is 9.59 Å². The van der Waals surface area contributed by atoms with Crippen molar-refractivity contribution < 1.29 is 29.1 Å². The molecular formula is C7H9BO6. The van der Waals surface area contributed by atoms with Crippen LogP contribution in [0.15, 0.2) is 12.7 Å². The molecule has 0 aromatic rings. The van der Waals surface area contributed by atoms with Gasteiger partial charge in [0.15, 0.2) is 12.2 Å². The lowest BCUT2D eigenvalue weighted by Crippen LogP contribution is -2.36. The molecule has 0 bridgehead atoms. The van der Waals surface area contributed by atoms with Crippen molar-refractivity contribution >= 4 is 19.1 Å². The first-order valence-corrected chi connectivity index (χ1v) is 3.93. The third-order valence-electron chi connectivity index (χ3n) is 1.72. The monoisotopic (exact) mass is 200 g/mol. The Morgan fingerprint density at radius 2 is 1.71 bits per heavy atom. The Kier molecular flexibility index (Phi) is 3.26. The molecule has 76 valence electrons. The minimum Gasteiger partial charge on any atom is -0.479 e. The molecule has 1 rings (SSSR count). The Labute approximate surface area is 80.3 Å². The van der Waals surface area contributed by atoms with Gasteiger partial charge in [0, 0.05) is 6.32 Å². The summed E-state index contributed by atoms with van der Waals surface area (Å²) in [5.41, 5.74) is 0. The largest absolute Gasteiger partial charge is 0.479 e. The van der Waals surface area contributed by atoms with Gasteiger partial charge in [-0.1, -0.05) is 6.08 Å². The predicted octanol–water partition coefficient (Wildman–Crippen LogP) is -0.386. The van der Waals surface area contributed by atoms with Crippen LogP contribution >= 0.6 is 0 Å². The number of hydrogen-bond donors (Lipinski definition) is 2. The van der Waals surface area contributed by atoms with Gasteiger partial charge >= 0.3 is 19.1 Å². The summed E-state index contributed by atoms with van der Waals surface area (Å²) < 4.78 is 9.73. The number of hydrogen-bond acceptors (Lipinski definition) is 4. The zero-order chi connectivity index (χ0) is 10.7. The highest BCUT2D eigenvalue weighted by molar-refractivity contribution is 6.46. The SMILES string of the molecule is C=CCB1O[C@@H](C(=O)O)[C@H](C(=O)O)O1. The van der Waals surface area contributed by atoms with Crippen molar-refractivity contribution in [3.8, 4) is 0 Å². The fraction of sp³-hybridized carbons (Fsp3) is 0.429. The number of carboxylic acids is 2. The average Bonchev–Trinajstić information content (AvgIpc) is 2.49. The molecule has 0 aliphatic carbocycles. The standard InChI is InChI=1S/C7H9BO6/c1-2-3-8-13-4(6(9)10)5(14-8)7(11)12/h2,4-5H,1,3H2,(H,9,10)(H,11,12)/t4-,5-/m1/s1. The topological polar surface area (TPSA) is 93.1 Å². The zero-order valence-corrected chi connectivity index (χ0v) is 7.25. The molecule has 1 aliphatic rings. The van der Waals surface area contributed by atoms with Crippen molar-refractivity contribution in [3.05, 3.63) is 12.7 Å². The Hall–Kier alpha value is -1.34. The third-order valence-corrected chi connectivity index (χ3v) is 1.72. The van der Waals surface area contributed by atoms with Crippen LogP contribution in [0.4, 0.5) is 0 Å². The number of carbonyl (C=O) groups is 2. The maximum atomic E-state index is 10.6. The highest BCUT2D eigenvalue weighted by atomic mass is 16.7. The first-order valence-electron chi connectivity index (χ1n) is 3.93. The second kappa shape index (κ2) is 4.25. The minimum absolute atomic E-state index is 0.257. The molecule has 6 nitrogen and oxygen atoms in total. The van der Waals surface area contributed by atoms with Crippen molar-refractivity contribution in [2.45, 2.75) is 18.5 Å². The van der Waals surface area contributed by atoms with E-state index in [9.17, 15) is 9.59 Å². The third kappa shape index (κ3) is 2.12. The zero-order valence-electron chi connectivity index (χ0n) is 7.25. The van der Waals surface area contributed by atoms with Crippen molar-refractivity contribution in [3.63, 3.8) is 0 Å². The molecule has 0 unspecified atom stereocenters. The molecule has 1 heterocycles. The molecule has 1 fully saturated rings. The van der Waals surface area contributed by atoms with E-state index >= 15 is 0 Å². The van der Waals surface area contributed by atoms with Crippen LogP contribution in [-0.4, -0.2) is 41.5 Å². The van der Waals surface area contributed by atoms with E-state index in [2.05, 4.69) is 6.58 Å². The molecule has 0 amide bonds. The maximum Gasteiger partial charge on any atom is 0.462 e. The molecule has 0 aromatic heterocycles.